The molecule has 1 saturated carbocycles. The number of aromatic nitrogens is 4. The van der Waals surface area contributed by atoms with Crippen LogP contribution in [0.5, 0.6) is 0 Å². The minimum absolute atomic E-state index is 0.112. The molecule has 3 aromatic heterocycles. The number of nitrogens with one attached hydrogen (secondary N) is 1. The lowest BCUT2D eigenvalue weighted by Crippen LogP contribution is -2.26. The van der Waals surface area contributed by atoms with E-state index in [1.165, 1.54) is 12.1 Å². The molecule has 34 heavy (non-hydrogen) atoms. The van der Waals surface area contributed by atoms with Crippen molar-refractivity contribution in [2.75, 3.05) is 0 Å². The molecule has 0 bridgehead atoms. The number of pyridine rings is 1. The summed E-state index contributed by atoms with van der Waals surface area (Å²) < 4.78 is 15.9. The van der Waals surface area contributed by atoms with Crippen LogP contribution in [-0.2, 0) is 10.2 Å². The number of aliphatic carboxylic acids is 1. The minimum Gasteiger partial charge on any atom is -0.481 e. The van der Waals surface area contributed by atoms with E-state index in [1.807, 2.05) is 19.9 Å². The Morgan fingerprint density at radius 1 is 1.26 bits per heavy atom. The fourth-order valence-corrected chi connectivity index (χ4v) is 5.41. The Kier molecular flexibility index (Phi) is 5.35. The lowest BCUT2D eigenvalue weighted by molar-refractivity contribution is -0.142. The number of carbonyl (C=O) groups is 1. The van der Waals surface area contributed by atoms with Crippen molar-refractivity contribution in [2.45, 2.75) is 57.3 Å². The van der Waals surface area contributed by atoms with Crippen LogP contribution in [0.3, 0.4) is 0 Å². The zero-order valence-electron chi connectivity index (χ0n) is 19.2. The van der Waals surface area contributed by atoms with E-state index in [4.69, 9.17) is 4.98 Å². The number of halogens is 1. The van der Waals surface area contributed by atoms with Crippen LogP contribution in [0.25, 0.3) is 27.8 Å². The van der Waals surface area contributed by atoms with Gasteiger partial charge in [-0.1, -0.05) is 13.8 Å². The summed E-state index contributed by atoms with van der Waals surface area (Å²) in [6, 6.07) is 10.7. The number of nitrogens with zero attached hydrogens (tertiary/aromatic N) is 4. The molecule has 8 heteroatoms. The van der Waals surface area contributed by atoms with Gasteiger partial charge in [0, 0.05) is 34.2 Å². The van der Waals surface area contributed by atoms with Crippen molar-refractivity contribution in [1.29, 1.82) is 5.26 Å². The summed E-state index contributed by atoms with van der Waals surface area (Å²) in [4.78, 5) is 16.5. The van der Waals surface area contributed by atoms with Crippen LogP contribution in [0.1, 0.15) is 63.1 Å². The maximum absolute atomic E-state index is 13.8. The van der Waals surface area contributed by atoms with Crippen LogP contribution in [0.4, 0.5) is 4.39 Å². The van der Waals surface area contributed by atoms with Crippen molar-refractivity contribution in [3.8, 4) is 11.8 Å². The van der Waals surface area contributed by atoms with Crippen LogP contribution >= 0.6 is 0 Å². The molecular weight excluding hydrogens is 433 g/mol. The summed E-state index contributed by atoms with van der Waals surface area (Å²) >= 11 is 0. The van der Waals surface area contributed by atoms with Gasteiger partial charge in [0.2, 0.25) is 0 Å². The van der Waals surface area contributed by atoms with Gasteiger partial charge < -0.3 is 9.67 Å². The minimum atomic E-state index is -0.741. The van der Waals surface area contributed by atoms with E-state index < -0.39 is 11.4 Å². The summed E-state index contributed by atoms with van der Waals surface area (Å²) in [5.41, 5.74) is 4.67. The van der Waals surface area contributed by atoms with E-state index in [1.54, 1.807) is 18.3 Å². The van der Waals surface area contributed by atoms with E-state index in [0.29, 0.717) is 24.9 Å². The number of rotatable bonds is 5. The van der Waals surface area contributed by atoms with Crippen molar-refractivity contribution in [2.24, 2.45) is 5.92 Å². The van der Waals surface area contributed by atoms with E-state index in [0.717, 1.165) is 46.2 Å². The number of carboxylic acids is 1. The summed E-state index contributed by atoms with van der Waals surface area (Å²) in [5, 5.41) is 27.1. The van der Waals surface area contributed by atoms with Crippen molar-refractivity contribution in [3.63, 3.8) is 0 Å². The van der Waals surface area contributed by atoms with Gasteiger partial charge in [-0.2, -0.15) is 10.4 Å². The summed E-state index contributed by atoms with van der Waals surface area (Å²) in [7, 11) is 0. The van der Waals surface area contributed by atoms with Gasteiger partial charge in [-0.25, -0.2) is 9.37 Å². The lowest BCUT2D eigenvalue weighted by Gasteiger charge is -2.31. The Morgan fingerprint density at radius 2 is 1.97 bits per heavy atom. The number of nitriles is 1. The summed E-state index contributed by atoms with van der Waals surface area (Å²) in [5.74, 6) is -1.28. The monoisotopic (exact) mass is 459 g/mol. The first-order valence-corrected chi connectivity index (χ1v) is 11.5. The average Bonchev–Trinajstić information content (AvgIpc) is 3.40. The first kappa shape index (κ1) is 22.1. The molecule has 1 aromatic carbocycles. The van der Waals surface area contributed by atoms with Crippen LogP contribution in [0.15, 0.2) is 36.5 Å². The van der Waals surface area contributed by atoms with Crippen LogP contribution in [0, 0.1) is 23.1 Å². The first-order chi connectivity index (χ1) is 16.3. The lowest BCUT2D eigenvalue weighted by atomic mass is 9.74. The maximum atomic E-state index is 13.8. The molecule has 0 atom stereocenters. The van der Waals surface area contributed by atoms with E-state index in [9.17, 15) is 19.6 Å². The molecule has 0 amide bonds. The molecule has 0 saturated heterocycles. The number of fused-ring (bicyclic) bond motifs is 2. The standard InChI is InChI=1S/C26H26FN5O2/c1-26(2,11-12-28)23-21(15-3-5-16(6-4-15)25(33)34)22-20(13-17-14-29-31-24(17)30-22)32(23)19-9-7-18(27)8-10-19/h7-10,13-16H,3-6,11H2,1-2H3,(H,33,34)(H,29,30,31)/t15-,16-. The van der Waals surface area contributed by atoms with Crippen molar-refractivity contribution in [3.05, 3.63) is 53.6 Å². The Morgan fingerprint density at radius 3 is 2.62 bits per heavy atom. The molecule has 1 aliphatic carbocycles. The summed E-state index contributed by atoms with van der Waals surface area (Å²) in [6.07, 6.45) is 4.69. The maximum Gasteiger partial charge on any atom is 0.306 e. The molecule has 2 N–H and O–H groups in total. The highest BCUT2D eigenvalue weighted by Gasteiger charge is 2.37. The third-order valence-corrected chi connectivity index (χ3v) is 7.11. The Hall–Kier alpha value is -3.73. The quantitative estimate of drug-likeness (QED) is 0.404. The molecule has 5 rings (SSSR count). The largest absolute Gasteiger partial charge is 0.481 e. The Labute approximate surface area is 196 Å². The van der Waals surface area contributed by atoms with Gasteiger partial charge in [0.1, 0.15) is 5.82 Å². The Bertz CT molecular complexity index is 1420. The van der Waals surface area contributed by atoms with Gasteiger partial charge in [0.15, 0.2) is 5.65 Å². The van der Waals surface area contributed by atoms with E-state index >= 15 is 0 Å². The van der Waals surface area contributed by atoms with Crippen molar-refractivity contribution in [1.82, 2.24) is 19.7 Å². The van der Waals surface area contributed by atoms with Crippen molar-refractivity contribution >= 4 is 28.0 Å². The normalized spacial score (nSPS) is 18.9. The van der Waals surface area contributed by atoms with Gasteiger partial charge in [0.05, 0.1) is 29.2 Å². The highest BCUT2D eigenvalue weighted by atomic mass is 19.1. The molecule has 0 spiro atoms. The molecule has 174 valence electrons. The van der Waals surface area contributed by atoms with Gasteiger partial charge in [-0.05, 0) is 61.9 Å². The molecule has 0 radical (unpaired) electrons. The number of benzene rings is 1. The van der Waals surface area contributed by atoms with E-state index in [-0.39, 0.29) is 17.7 Å². The number of hydrogen-bond donors (Lipinski definition) is 2. The number of carboxylic acid groups (broad SMARTS) is 1. The second kappa shape index (κ2) is 8.24. The van der Waals surface area contributed by atoms with Gasteiger partial charge in [-0.15, -0.1) is 0 Å². The molecule has 1 aliphatic rings. The van der Waals surface area contributed by atoms with Gasteiger partial charge in [-0.3, -0.25) is 9.89 Å². The summed E-state index contributed by atoms with van der Waals surface area (Å²) in [6.45, 7) is 4.09. The zero-order valence-corrected chi connectivity index (χ0v) is 19.2. The average molecular weight is 460 g/mol. The van der Waals surface area contributed by atoms with Crippen LogP contribution in [-0.4, -0.2) is 30.8 Å². The molecule has 3 heterocycles. The zero-order chi connectivity index (χ0) is 24.0. The molecule has 0 unspecified atom stereocenters. The number of H-pyrrole nitrogens is 1. The fraction of sp³-hybridized carbons (Fsp3) is 0.385. The topological polar surface area (TPSA) is 108 Å². The third-order valence-electron chi connectivity index (χ3n) is 7.11. The highest BCUT2D eigenvalue weighted by molar-refractivity contribution is 5.94. The fourth-order valence-electron chi connectivity index (χ4n) is 5.41. The Balaban J connectivity index is 1.82. The molecule has 7 nitrogen and oxygen atoms in total. The smallest absolute Gasteiger partial charge is 0.306 e. The predicted octanol–water partition coefficient (Wildman–Crippen LogP) is 5.59. The number of hydrogen-bond acceptors (Lipinski definition) is 4. The van der Waals surface area contributed by atoms with Crippen LogP contribution in [0.2, 0.25) is 0 Å². The SMILES string of the molecule is CC(C)(CC#N)c1c([C@H]2CC[C@H](C(=O)O)CC2)c2nc3[nH]ncc3cc2n1-c1ccc(F)cc1. The molecule has 0 aliphatic heterocycles. The van der Waals surface area contributed by atoms with Gasteiger partial charge in [0.25, 0.3) is 0 Å². The second-order valence-electron chi connectivity index (χ2n) is 9.84. The number of aromatic amines is 1. The first-order valence-electron chi connectivity index (χ1n) is 11.5. The third kappa shape index (κ3) is 3.61. The van der Waals surface area contributed by atoms with E-state index in [2.05, 4.69) is 20.8 Å². The van der Waals surface area contributed by atoms with Crippen molar-refractivity contribution < 1.29 is 14.3 Å². The second-order valence-corrected chi connectivity index (χ2v) is 9.84. The van der Waals surface area contributed by atoms with Crippen LogP contribution < -0.4 is 0 Å². The molecule has 1 fully saturated rings. The van der Waals surface area contributed by atoms with Gasteiger partial charge >= 0.3 is 5.97 Å². The molecule has 4 aromatic rings. The predicted molar refractivity (Wildman–Crippen MR) is 126 cm³/mol. The highest BCUT2D eigenvalue weighted by Crippen LogP contribution is 2.46. The molecular formula is C26H26FN5O2.